The molecule has 1 aliphatic heterocycles. The highest BCUT2D eigenvalue weighted by molar-refractivity contribution is 5.88. The summed E-state index contributed by atoms with van der Waals surface area (Å²) in [7, 11) is 0. The first-order valence-electron chi connectivity index (χ1n) is 7.62. The normalized spacial score (nSPS) is 20.6. The minimum Gasteiger partial charge on any atom is -0.397 e. The molecule has 0 aliphatic carbocycles. The molecule has 1 aromatic heterocycles. The Morgan fingerprint density at radius 2 is 2.15 bits per heavy atom. The number of benzene rings is 1. The van der Waals surface area contributed by atoms with E-state index in [2.05, 4.69) is 35.0 Å². The third-order valence-corrected chi connectivity index (χ3v) is 4.64. The van der Waals surface area contributed by atoms with Gasteiger partial charge in [-0.3, -0.25) is 5.10 Å². The van der Waals surface area contributed by atoms with Crippen molar-refractivity contribution in [2.24, 2.45) is 11.8 Å². The Kier molecular flexibility index (Phi) is 3.55. The molecule has 0 bridgehead atoms. The van der Waals surface area contributed by atoms with Gasteiger partial charge in [-0.1, -0.05) is 13.8 Å². The molecule has 3 rings (SSSR count). The largest absolute Gasteiger partial charge is 0.397 e. The zero-order chi connectivity index (χ0) is 14.1. The van der Waals surface area contributed by atoms with Gasteiger partial charge >= 0.3 is 0 Å². The van der Waals surface area contributed by atoms with Gasteiger partial charge in [-0.15, -0.1) is 0 Å². The van der Waals surface area contributed by atoms with E-state index in [0.29, 0.717) is 0 Å². The fraction of sp³-hybridized carbons (Fsp3) is 0.562. The zero-order valence-electron chi connectivity index (χ0n) is 12.4. The summed E-state index contributed by atoms with van der Waals surface area (Å²) in [5, 5.41) is 8.20. The highest BCUT2D eigenvalue weighted by atomic mass is 15.1. The summed E-state index contributed by atoms with van der Waals surface area (Å²) < 4.78 is 0. The van der Waals surface area contributed by atoms with Crippen LogP contribution >= 0.6 is 0 Å². The number of nitrogens with zero attached hydrogens (tertiary/aromatic N) is 2. The lowest BCUT2D eigenvalue weighted by Crippen LogP contribution is -2.25. The molecule has 1 atom stereocenters. The van der Waals surface area contributed by atoms with Gasteiger partial charge in [0.2, 0.25) is 0 Å². The maximum atomic E-state index is 6.24. The summed E-state index contributed by atoms with van der Waals surface area (Å²) in [6, 6.07) is 4.17. The first kappa shape index (κ1) is 13.3. The lowest BCUT2D eigenvalue weighted by Gasteiger charge is -2.25. The van der Waals surface area contributed by atoms with Crippen LogP contribution in [0.2, 0.25) is 0 Å². The lowest BCUT2D eigenvalue weighted by molar-refractivity contribution is 0.351. The molecule has 4 heteroatoms. The van der Waals surface area contributed by atoms with Crippen LogP contribution in [0.4, 0.5) is 11.4 Å². The minimum absolute atomic E-state index is 0.780. The van der Waals surface area contributed by atoms with E-state index in [4.69, 9.17) is 5.73 Å². The van der Waals surface area contributed by atoms with Crippen LogP contribution in [-0.2, 0) is 0 Å². The van der Waals surface area contributed by atoms with E-state index in [9.17, 15) is 0 Å². The highest BCUT2D eigenvalue weighted by Gasteiger charge is 2.21. The molecule has 1 unspecified atom stereocenters. The van der Waals surface area contributed by atoms with Crippen molar-refractivity contribution >= 4 is 22.3 Å². The molecular formula is C16H24N4. The van der Waals surface area contributed by atoms with E-state index in [1.165, 1.54) is 19.3 Å². The molecule has 0 radical (unpaired) electrons. The Labute approximate surface area is 120 Å². The van der Waals surface area contributed by atoms with Crippen molar-refractivity contribution in [2.45, 2.75) is 33.1 Å². The second-order valence-electron chi connectivity index (χ2n) is 6.29. The molecule has 2 aromatic rings. The molecule has 2 heterocycles. The van der Waals surface area contributed by atoms with Gasteiger partial charge in [0.05, 0.1) is 23.1 Å². The Balaban J connectivity index is 1.85. The molecule has 0 amide bonds. The second kappa shape index (κ2) is 5.35. The first-order chi connectivity index (χ1) is 9.65. The van der Waals surface area contributed by atoms with Gasteiger partial charge in [-0.25, -0.2) is 0 Å². The SMILES string of the molecule is CC(C)C1CCCN(c2cc3[nH]ncc3cc2N)CC1. The number of nitrogens with one attached hydrogen (secondary N) is 1. The van der Waals surface area contributed by atoms with Crippen LogP contribution in [0.3, 0.4) is 0 Å². The van der Waals surface area contributed by atoms with Gasteiger partial charge in [0, 0.05) is 18.5 Å². The van der Waals surface area contributed by atoms with Crippen molar-refractivity contribution in [3.8, 4) is 0 Å². The topological polar surface area (TPSA) is 57.9 Å². The monoisotopic (exact) mass is 272 g/mol. The van der Waals surface area contributed by atoms with Crippen LogP contribution in [-0.4, -0.2) is 23.3 Å². The molecule has 1 aromatic carbocycles. The Hall–Kier alpha value is -1.71. The molecule has 1 saturated heterocycles. The van der Waals surface area contributed by atoms with Gasteiger partial charge in [0.25, 0.3) is 0 Å². The molecule has 3 N–H and O–H groups in total. The van der Waals surface area contributed by atoms with Gasteiger partial charge in [-0.05, 0) is 43.2 Å². The van der Waals surface area contributed by atoms with Crippen LogP contribution in [0.15, 0.2) is 18.3 Å². The van der Waals surface area contributed by atoms with Crippen LogP contribution < -0.4 is 10.6 Å². The molecule has 1 fully saturated rings. The molecule has 108 valence electrons. The van der Waals surface area contributed by atoms with E-state index in [-0.39, 0.29) is 0 Å². The Morgan fingerprint density at radius 3 is 2.95 bits per heavy atom. The van der Waals surface area contributed by atoms with Gasteiger partial charge in [0.15, 0.2) is 0 Å². The maximum absolute atomic E-state index is 6.24. The van der Waals surface area contributed by atoms with E-state index in [0.717, 1.165) is 47.2 Å². The number of H-pyrrole nitrogens is 1. The number of aromatic amines is 1. The fourth-order valence-corrected chi connectivity index (χ4v) is 3.30. The zero-order valence-corrected chi connectivity index (χ0v) is 12.4. The van der Waals surface area contributed by atoms with Crippen molar-refractivity contribution in [1.82, 2.24) is 10.2 Å². The molecule has 1 aliphatic rings. The fourth-order valence-electron chi connectivity index (χ4n) is 3.30. The Bertz CT molecular complexity index is 587. The molecule has 20 heavy (non-hydrogen) atoms. The number of nitrogen functional groups attached to an aromatic ring is 1. The van der Waals surface area contributed by atoms with Crippen molar-refractivity contribution < 1.29 is 0 Å². The number of rotatable bonds is 2. The number of hydrogen-bond donors (Lipinski definition) is 2. The summed E-state index contributed by atoms with van der Waals surface area (Å²) in [6.45, 7) is 6.89. The van der Waals surface area contributed by atoms with Crippen LogP contribution in [0.5, 0.6) is 0 Å². The third-order valence-electron chi connectivity index (χ3n) is 4.64. The quantitative estimate of drug-likeness (QED) is 0.824. The molecular weight excluding hydrogens is 248 g/mol. The Morgan fingerprint density at radius 1 is 1.30 bits per heavy atom. The van der Waals surface area contributed by atoms with Gasteiger partial charge in [-0.2, -0.15) is 5.10 Å². The van der Waals surface area contributed by atoms with Crippen molar-refractivity contribution in [1.29, 1.82) is 0 Å². The number of nitrogens with two attached hydrogens (primary N) is 1. The summed E-state index contributed by atoms with van der Waals surface area (Å²) in [4.78, 5) is 2.44. The second-order valence-corrected chi connectivity index (χ2v) is 6.29. The first-order valence-corrected chi connectivity index (χ1v) is 7.62. The predicted molar refractivity (Wildman–Crippen MR) is 84.9 cm³/mol. The van der Waals surface area contributed by atoms with E-state index in [1.807, 2.05) is 12.3 Å². The van der Waals surface area contributed by atoms with Crippen LogP contribution in [0, 0.1) is 11.8 Å². The lowest BCUT2D eigenvalue weighted by atomic mass is 9.89. The molecule has 0 spiro atoms. The van der Waals surface area contributed by atoms with Crippen LogP contribution in [0.25, 0.3) is 10.9 Å². The minimum atomic E-state index is 0.780. The number of anilines is 2. The average Bonchev–Trinajstić information content (AvgIpc) is 2.72. The van der Waals surface area contributed by atoms with Gasteiger partial charge in [0.1, 0.15) is 0 Å². The smallest absolute Gasteiger partial charge is 0.0672 e. The van der Waals surface area contributed by atoms with Gasteiger partial charge < -0.3 is 10.6 Å². The van der Waals surface area contributed by atoms with E-state index >= 15 is 0 Å². The number of hydrogen-bond acceptors (Lipinski definition) is 3. The highest BCUT2D eigenvalue weighted by Crippen LogP contribution is 2.32. The van der Waals surface area contributed by atoms with E-state index < -0.39 is 0 Å². The molecule has 4 nitrogen and oxygen atoms in total. The predicted octanol–water partition coefficient (Wildman–Crippen LogP) is 3.41. The van der Waals surface area contributed by atoms with E-state index in [1.54, 1.807) is 0 Å². The average molecular weight is 272 g/mol. The summed E-state index contributed by atoms with van der Waals surface area (Å²) >= 11 is 0. The van der Waals surface area contributed by atoms with Crippen molar-refractivity contribution in [2.75, 3.05) is 23.7 Å². The third kappa shape index (κ3) is 2.47. The number of aromatic nitrogens is 2. The van der Waals surface area contributed by atoms with Crippen molar-refractivity contribution in [3.63, 3.8) is 0 Å². The summed E-state index contributed by atoms with van der Waals surface area (Å²) in [6.07, 6.45) is 5.68. The molecule has 0 saturated carbocycles. The number of fused-ring (bicyclic) bond motifs is 1. The summed E-state index contributed by atoms with van der Waals surface area (Å²) in [5.41, 5.74) is 9.33. The van der Waals surface area contributed by atoms with Crippen LogP contribution in [0.1, 0.15) is 33.1 Å². The van der Waals surface area contributed by atoms with Crippen molar-refractivity contribution in [3.05, 3.63) is 18.3 Å². The maximum Gasteiger partial charge on any atom is 0.0672 e. The standard InChI is InChI=1S/C16H24N4/c1-11(2)12-4-3-6-20(7-5-12)16-9-15-13(8-14(16)17)10-18-19-15/h8-12H,3-7,17H2,1-2H3,(H,18,19). The summed E-state index contributed by atoms with van der Waals surface area (Å²) in [5.74, 6) is 1.62.